The SMILES string of the molecule is C=CCCN(Cc1csnc1C)C(=O)CCl. The predicted octanol–water partition coefficient (Wildman–Crippen LogP) is 2.60. The Morgan fingerprint density at radius 1 is 1.75 bits per heavy atom. The van der Waals surface area contributed by atoms with Crippen LogP contribution in [0.3, 0.4) is 0 Å². The molecule has 1 amide bonds. The van der Waals surface area contributed by atoms with Crippen LogP contribution in [0.4, 0.5) is 0 Å². The molecule has 3 nitrogen and oxygen atoms in total. The third kappa shape index (κ3) is 3.61. The number of alkyl halides is 1. The monoisotopic (exact) mass is 258 g/mol. The summed E-state index contributed by atoms with van der Waals surface area (Å²) in [5.41, 5.74) is 2.07. The normalized spacial score (nSPS) is 10.1. The topological polar surface area (TPSA) is 33.2 Å². The van der Waals surface area contributed by atoms with Crippen LogP contribution in [0.5, 0.6) is 0 Å². The molecule has 88 valence electrons. The lowest BCUT2D eigenvalue weighted by Gasteiger charge is -2.20. The van der Waals surface area contributed by atoms with Gasteiger partial charge >= 0.3 is 0 Å². The predicted molar refractivity (Wildman–Crippen MR) is 67.8 cm³/mol. The fraction of sp³-hybridized carbons (Fsp3) is 0.455. The maximum atomic E-state index is 11.6. The van der Waals surface area contributed by atoms with Crippen molar-refractivity contribution in [3.05, 3.63) is 29.3 Å². The van der Waals surface area contributed by atoms with Crippen molar-refractivity contribution in [1.82, 2.24) is 9.27 Å². The number of carbonyl (C=O) groups is 1. The molecule has 0 radical (unpaired) electrons. The number of nitrogens with zero attached hydrogens (tertiary/aromatic N) is 2. The van der Waals surface area contributed by atoms with Crippen LogP contribution in [0.1, 0.15) is 17.7 Å². The number of hydrogen-bond acceptors (Lipinski definition) is 3. The molecule has 0 saturated heterocycles. The van der Waals surface area contributed by atoms with Gasteiger partial charge in [-0.05, 0) is 24.9 Å². The highest BCUT2D eigenvalue weighted by atomic mass is 35.5. The van der Waals surface area contributed by atoms with E-state index in [-0.39, 0.29) is 11.8 Å². The van der Waals surface area contributed by atoms with Crippen LogP contribution in [0.25, 0.3) is 0 Å². The number of amides is 1. The first kappa shape index (κ1) is 13.2. The summed E-state index contributed by atoms with van der Waals surface area (Å²) in [5.74, 6) is -0.0255. The van der Waals surface area contributed by atoms with E-state index in [1.54, 1.807) is 11.0 Å². The second-order valence-corrected chi connectivity index (χ2v) is 4.35. The summed E-state index contributed by atoms with van der Waals surface area (Å²) in [6, 6.07) is 0. The standard InChI is InChI=1S/C11H15ClN2OS/c1-3-4-5-14(11(15)6-12)7-10-8-16-13-9(10)2/h3,8H,1,4-7H2,2H3. The third-order valence-corrected chi connectivity index (χ3v) is 3.28. The van der Waals surface area contributed by atoms with Gasteiger partial charge in [-0.1, -0.05) is 6.08 Å². The van der Waals surface area contributed by atoms with Gasteiger partial charge in [0.05, 0.1) is 5.69 Å². The summed E-state index contributed by atoms with van der Waals surface area (Å²) in [6.45, 7) is 6.84. The van der Waals surface area contributed by atoms with Crippen molar-refractivity contribution in [3.63, 3.8) is 0 Å². The van der Waals surface area contributed by atoms with Crippen LogP contribution in [0.2, 0.25) is 0 Å². The number of carbonyl (C=O) groups excluding carboxylic acids is 1. The lowest BCUT2D eigenvalue weighted by Crippen LogP contribution is -2.32. The summed E-state index contributed by atoms with van der Waals surface area (Å²) >= 11 is 6.99. The van der Waals surface area contributed by atoms with Crippen molar-refractivity contribution in [2.45, 2.75) is 19.9 Å². The molecule has 16 heavy (non-hydrogen) atoms. The van der Waals surface area contributed by atoms with E-state index >= 15 is 0 Å². The van der Waals surface area contributed by atoms with E-state index in [1.807, 2.05) is 12.3 Å². The Morgan fingerprint density at radius 2 is 2.50 bits per heavy atom. The lowest BCUT2D eigenvalue weighted by atomic mass is 10.2. The van der Waals surface area contributed by atoms with Crippen molar-refractivity contribution in [1.29, 1.82) is 0 Å². The number of halogens is 1. The van der Waals surface area contributed by atoms with Gasteiger partial charge < -0.3 is 4.90 Å². The second kappa shape index (κ2) is 6.66. The van der Waals surface area contributed by atoms with E-state index in [1.165, 1.54) is 11.5 Å². The van der Waals surface area contributed by atoms with Crippen LogP contribution in [0, 0.1) is 6.92 Å². The number of rotatable bonds is 6. The second-order valence-electron chi connectivity index (χ2n) is 3.45. The van der Waals surface area contributed by atoms with Crippen molar-refractivity contribution < 1.29 is 4.79 Å². The number of hydrogen-bond donors (Lipinski definition) is 0. The van der Waals surface area contributed by atoms with E-state index in [0.717, 1.165) is 17.7 Å². The first-order valence-electron chi connectivity index (χ1n) is 5.03. The quantitative estimate of drug-likeness (QED) is 0.581. The first-order valence-corrected chi connectivity index (χ1v) is 6.40. The van der Waals surface area contributed by atoms with Gasteiger partial charge in [0.25, 0.3) is 0 Å². The summed E-state index contributed by atoms with van der Waals surface area (Å²) in [4.78, 5) is 13.3. The number of aromatic nitrogens is 1. The molecule has 0 fully saturated rings. The molecular weight excluding hydrogens is 244 g/mol. The minimum atomic E-state index is -0.0471. The van der Waals surface area contributed by atoms with E-state index in [0.29, 0.717) is 13.1 Å². The molecule has 1 aromatic rings. The molecule has 1 aromatic heterocycles. The average molecular weight is 259 g/mol. The van der Waals surface area contributed by atoms with Gasteiger partial charge in [0, 0.05) is 24.0 Å². The summed E-state index contributed by atoms with van der Waals surface area (Å²) in [6.07, 6.45) is 2.58. The maximum absolute atomic E-state index is 11.6. The van der Waals surface area contributed by atoms with E-state index < -0.39 is 0 Å². The molecular formula is C11H15ClN2OS. The fourth-order valence-corrected chi connectivity index (χ4v) is 2.16. The average Bonchev–Trinajstić information content (AvgIpc) is 2.69. The largest absolute Gasteiger partial charge is 0.337 e. The molecule has 1 rings (SSSR count). The van der Waals surface area contributed by atoms with E-state index in [2.05, 4.69) is 11.0 Å². The van der Waals surface area contributed by atoms with Gasteiger partial charge in [0.15, 0.2) is 0 Å². The molecule has 0 bridgehead atoms. The van der Waals surface area contributed by atoms with Crippen LogP contribution in [0.15, 0.2) is 18.0 Å². The molecule has 0 saturated carbocycles. The lowest BCUT2D eigenvalue weighted by molar-refractivity contribution is -0.129. The van der Waals surface area contributed by atoms with Crippen molar-refractivity contribution in [2.24, 2.45) is 0 Å². The molecule has 0 spiro atoms. The minimum absolute atomic E-state index is 0.0216. The molecule has 0 aliphatic carbocycles. The Morgan fingerprint density at radius 3 is 3.00 bits per heavy atom. The van der Waals surface area contributed by atoms with Crippen LogP contribution >= 0.6 is 23.1 Å². The van der Waals surface area contributed by atoms with E-state index in [9.17, 15) is 4.79 Å². The van der Waals surface area contributed by atoms with Gasteiger partial charge in [0.2, 0.25) is 5.91 Å². The van der Waals surface area contributed by atoms with Crippen molar-refractivity contribution in [2.75, 3.05) is 12.4 Å². The molecule has 0 atom stereocenters. The van der Waals surface area contributed by atoms with Gasteiger partial charge in [-0.3, -0.25) is 4.79 Å². The van der Waals surface area contributed by atoms with Gasteiger partial charge in [0.1, 0.15) is 5.88 Å². The van der Waals surface area contributed by atoms with Crippen molar-refractivity contribution in [3.8, 4) is 0 Å². The third-order valence-electron chi connectivity index (χ3n) is 2.28. The van der Waals surface area contributed by atoms with Crippen LogP contribution in [-0.2, 0) is 11.3 Å². The molecule has 0 aliphatic rings. The summed E-state index contributed by atoms with van der Waals surface area (Å²) in [5, 5.41) is 1.97. The highest BCUT2D eigenvalue weighted by molar-refractivity contribution is 7.03. The Labute approximate surface area is 105 Å². The molecule has 1 heterocycles. The molecule has 0 N–H and O–H groups in total. The van der Waals surface area contributed by atoms with Gasteiger partial charge in [-0.15, -0.1) is 18.2 Å². The summed E-state index contributed by atoms with van der Waals surface area (Å²) in [7, 11) is 0. The zero-order valence-corrected chi connectivity index (χ0v) is 10.9. The zero-order chi connectivity index (χ0) is 12.0. The zero-order valence-electron chi connectivity index (χ0n) is 9.28. The smallest absolute Gasteiger partial charge is 0.237 e. The maximum Gasteiger partial charge on any atom is 0.237 e. The van der Waals surface area contributed by atoms with E-state index in [4.69, 9.17) is 11.6 Å². The van der Waals surface area contributed by atoms with Crippen LogP contribution in [-0.4, -0.2) is 27.6 Å². The van der Waals surface area contributed by atoms with Gasteiger partial charge in [-0.2, -0.15) is 4.37 Å². The Hall–Kier alpha value is -0.870. The Kier molecular flexibility index (Phi) is 5.49. The fourth-order valence-electron chi connectivity index (χ4n) is 1.29. The van der Waals surface area contributed by atoms with Crippen LogP contribution < -0.4 is 0 Å². The molecule has 0 aliphatic heterocycles. The first-order chi connectivity index (χ1) is 7.69. The highest BCUT2D eigenvalue weighted by Gasteiger charge is 2.13. The summed E-state index contributed by atoms with van der Waals surface area (Å²) < 4.78 is 4.19. The molecule has 0 aromatic carbocycles. The highest BCUT2D eigenvalue weighted by Crippen LogP contribution is 2.13. The van der Waals surface area contributed by atoms with Gasteiger partial charge in [-0.25, -0.2) is 0 Å². The van der Waals surface area contributed by atoms with Crippen molar-refractivity contribution >= 4 is 29.0 Å². The Balaban J connectivity index is 2.66. The minimum Gasteiger partial charge on any atom is -0.337 e. The molecule has 0 unspecified atom stereocenters. The number of aryl methyl sites for hydroxylation is 1. The molecule has 5 heteroatoms. The Bertz CT molecular complexity index is 365.